The topological polar surface area (TPSA) is 61.8 Å². The standard InChI is InChI=1S/C14H21N3O2/c1-3-4-5-6-8-15-14(18)12-7-9-17(2)13(10-12)11-16-19/h7,9-11H,3-6,8H2,1-2H3,(H,15,18). The normalized spacial score (nSPS) is 16.4. The highest BCUT2D eigenvalue weighted by Crippen LogP contribution is 2.15. The van der Waals surface area contributed by atoms with Gasteiger partial charge in [0.1, 0.15) is 0 Å². The summed E-state index contributed by atoms with van der Waals surface area (Å²) in [5.74, 6) is -0.113. The van der Waals surface area contributed by atoms with Crippen LogP contribution in [-0.4, -0.2) is 24.4 Å². The number of allylic oxidation sites excluding steroid dienone is 1. The van der Waals surface area contributed by atoms with Crippen molar-refractivity contribution in [3.8, 4) is 0 Å². The highest BCUT2D eigenvalue weighted by molar-refractivity contribution is 5.96. The fourth-order valence-electron chi connectivity index (χ4n) is 1.77. The minimum Gasteiger partial charge on any atom is -0.352 e. The average molecular weight is 263 g/mol. The SMILES string of the molecule is CCCCCCNC(=O)C1=CC(=CN=O)N(C)C=C1. The van der Waals surface area contributed by atoms with E-state index in [4.69, 9.17) is 0 Å². The van der Waals surface area contributed by atoms with Crippen LogP contribution in [0, 0.1) is 4.91 Å². The van der Waals surface area contributed by atoms with E-state index in [1.54, 1.807) is 30.3 Å². The lowest BCUT2D eigenvalue weighted by Gasteiger charge is -2.19. The van der Waals surface area contributed by atoms with Gasteiger partial charge in [-0.2, -0.15) is 0 Å². The van der Waals surface area contributed by atoms with E-state index in [2.05, 4.69) is 17.4 Å². The van der Waals surface area contributed by atoms with Gasteiger partial charge < -0.3 is 10.2 Å². The molecule has 0 bridgehead atoms. The first-order valence-electron chi connectivity index (χ1n) is 6.62. The quantitative estimate of drug-likeness (QED) is 0.567. The first-order chi connectivity index (χ1) is 9.19. The summed E-state index contributed by atoms with van der Waals surface area (Å²) in [5, 5.41) is 5.61. The molecular weight excluding hydrogens is 242 g/mol. The Bertz CT molecular complexity index is 411. The molecule has 0 spiro atoms. The van der Waals surface area contributed by atoms with Crippen LogP contribution in [0.4, 0.5) is 0 Å². The fourth-order valence-corrected chi connectivity index (χ4v) is 1.77. The van der Waals surface area contributed by atoms with Crippen LogP contribution in [0.1, 0.15) is 32.6 Å². The van der Waals surface area contributed by atoms with Crippen molar-refractivity contribution in [1.82, 2.24) is 10.2 Å². The molecule has 0 saturated heterocycles. The molecule has 0 atom stereocenters. The molecule has 19 heavy (non-hydrogen) atoms. The van der Waals surface area contributed by atoms with Gasteiger partial charge in [0.2, 0.25) is 0 Å². The van der Waals surface area contributed by atoms with Crippen molar-refractivity contribution in [2.24, 2.45) is 5.18 Å². The van der Waals surface area contributed by atoms with E-state index < -0.39 is 0 Å². The van der Waals surface area contributed by atoms with Crippen molar-refractivity contribution in [2.45, 2.75) is 32.6 Å². The lowest BCUT2D eigenvalue weighted by atomic mass is 10.1. The van der Waals surface area contributed by atoms with E-state index >= 15 is 0 Å². The molecule has 0 fully saturated rings. The first kappa shape index (κ1) is 15.1. The molecule has 1 aliphatic heterocycles. The molecule has 5 heteroatoms. The third-order valence-corrected chi connectivity index (χ3v) is 2.95. The van der Waals surface area contributed by atoms with Crippen LogP contribution in [0.15, 0.2) is 41.0 Å². The van der Waals surface area contributed by atoms with E-state index in [1.807, 2.05) is 0 Å². The maximum Gasteiger partial charge on any atom is 0.251 e. The van der Waals surface area contributed by atoms with Crippen molar-refractivity contribution in [2.75, 3.05) is 13.6 Å². The van der Waals surface area contributed by atoms with Crippen LogP contribution in [0.3, 0.4) is 0 Å². The number of carbonyl (C=O) groups is 1. The zero-order valence-corrected chi connectivity index (χ0v) is 11.6. The molecule has 1 rings (SSSR count). The Morgan fingerprint density at radius 3 is 2.89 bits per heavy atom. The van der Waals surface area contributed by atoms with Crippen LogP contribution in [0.2, 0.25) is 0 Å². The van der Waals surface area contributed by atoms with E-state index in [-0.39, 0.29) is 5.91 Å². The first-order valence-corrected chi connectivity index (χ1v) is 6.62. The number of hydrogen-bond acceptors (Lipinski definition) is 4. The summed E-state index contributed by atoms with van der Waals surface area (Å²) in [6.07, 6.45) is 10.8. The van der Waals surface area contributed by atoms with E-state index in [1.165, 1.54) is 19.0 Å². The highest BCUT2D eigenvalue weighted by Gasteiger charge is 2.12. The number of likely N-dealkylation sites (N-methyl/N-ethyl adjacent to an activating group) is 1. The molecule has 0 aromatic heterocycles. The van der Waals surface area contributed by atoms with Crippen molar-refractivity contribution < 1.29 is 4.79 Å². The number of nitrogens with one attached hydrogen (secondary N) is 1. The number of carbonyl (C=O) groups excluding carboxylic acids is 1. The van der Waals surface area contributed by atoms with Crippen molar-refractivity contribution in [3.63, 3.8) is 0 Å². The van der Waals surface area contributed by atoms with Crippen LogP contribution in [-0.2, 0) is 4.79 Å². The Kier molecular flexibility index (Phi) is 6.57. The van der Waals surface area contributed by atoms with Crippen molar-refractivity contribution in [1.29, 1.82) is 0 Å². The minimum atomic E-state index is -0.113. The van der Waals surface area contributed by atoms with E-state index in [0.717, 1.165) is 12.8 Å². The Labute approximate surface area is 114 Å². The molecule has 1 amide bonds. The zero-order valence-electron chi connectivity index (χ0n) is 11.6. The van der Waals surface area contributed by atoms with Gasteiger partial charge in [-0.15, -0.1) is 4.91 Å². The van der Waals surface area contributed by atoms with Gasteiger partial charge >= 0.3 is 0 Å². The lowest BCUT2D eigenvalue weighted by molar-refractivity contribution is -0.117. The number of amides is 1. The highest BCUT2D eigenvalue weighted by atomic mass is 16.2. The summed E-state index contributed by atoms with van der Waals surface area (Å²) in [7, 11) is 1.80. The predicted octanol–water partition coefficient (Wildman–Crippen LogP) is 2.68. The predicted molar refractivity (Wildman–Crippen MR) is 76.0 cm³/mol. The largest absolute Gasteiger partial charge is 0.352 e. The maximum absolute atomic E-state index is 11.9. The average Bonchev–Trinajstić information content (AvgIpc) is 2.41. The Morgan fingerprint density at radius 2 is 2.21 bits per heavy atom. The van der Waals surface area contributed by atoms with Gasteiger partial charge in [-0.3, -0.25) is 4.79 Å². The summed E-state index contributed by atoms with van der Waals surface area (Å²) < 4.78 is 0. The summed E-state index contributed by atoms with van der Waals surface area (Å²) in [5.41, 5.74) is 1.15. The van der Waals surface area contributed by atoms with Crippen LogP contribution in [0.25, 0.3) is 0 Å². The molecule has 104 valence electrons. The number of nitroso groups, excluding NO2 is 1. The Balaban J connectivity index is 2.48. The van der Waals surface area contributed by atoms with Gasteiger partial charge in [0, 0.05) is 25.4 Å². The monoisotopic (exact) mass is 263 g/mol. The second-order valence-corrected chi connectivity index (χ2v) is 4.50. The van der Waals surface area contributed by atoms with Crippen molar-refractivity contribution >= 4 is 5.91 Å². The van der Waals surface area contributed by atoms with E-state index in [0.29, 0.717) is 17.8 Å². The molecule has 0 aromatic rings. The second-order valence-electron chi connectivity index (χ2n) is 4.50. The fraction of sp³-hybridized carbons (Fsp3) is 0.500. The number of rotatable bonds is 7. The lowest BCUT2D eigenvalue weighted by Crippen LogP contribution is -2.27. The molecule has 1 aliphatic rings. The summed E-state index contributed by atoms with van der Waals surface area (Å²) in [6.45, 7) is 2.84. The van der Waals surface area contributed by atoms with Crippen molar-refractivity contribution in [3.05, 3.63) is 40.7 Å². The molecule has 0 aromatic carbocycles. The summed E-state index contributed by atoms with van der Waals surface area (Å²) >= 11 is 0. The summed E-state index contributed by atoms with van der Waals surface area (Å²) in [6, 6.07) is 0. The maximum atomic E-state index is 11.9. The van der Waals surface area contributed by atoms with Gasteiger partial charge in [0.05, 0.1) is 11.9 Å². The minimum absolute atomic E-state index is 0.113. The number of unbranched alkanes of at least 4 members (excludes halogenated alkanes) is 3. The molecule has 0 saturated carbocycles. The second kappa shape index (κ2) is 8.24. The van der Waals surface area contributed by atoms with Gasteiger partial charge in [-0.05, 0) is 23.7 Å². The molecule has 5 nitrogen and oxygen atoms in total. The molecule has 1 heterocycles. The van der Waals surface area contributed by atoms with Crippen LogP contribution < -0.4 is 5.32 Å². The van der Waals surface area contributed by atoms with Crippen LogP contribution >= 0.6 is 0 Å². The smallest absolute Gasteiger partial charge is 0.251 e. The Morgan fingerprint density at radius 1 is 1.42 bits per heavy atom. The third-order valence-electron chi connectivity index (χ3n) is 2.95. The third kappa shape index (κ3) is 5.07. The molecule has 1 N–H and O–H groups in total. The van der Waals surface area contributed by atoms with Crippen LogP contribution in [0.5, 0.6) is 0 Å². The molecule has 0 unspecified atom stereocenters. The Hall–Kier alpha value is -1.91. The summed E-state index contributed by atoms with van der Waals surface area (Å²) in [4.78, 5) is 23.9. The van der Waals surface area contributed by atoms with Gasteiger partial charge in [0.15, 0.2) is 0 Å². The van der Waals surface area contributed by atoms with Gasteiger partial charge in [0.25, 0.3) is 5.91 Å². The van der Waals surface area contributed by atoms with E-state index in [9.17, 15) is 9.70 Å². The molecule has 0 aliphatic carbocycles. The molecular formula is C14H21N3O2. The number of nitrogens with zero attached hydrogens (tertiary/aromatic N) is 2. The van der Waals surface area contributed by atoms with Gasteiger partial charge in [-0.1, -0.05) is 26.2 Å². The van der Waals surface area contributed by atoms with Gasteiger partial charge in [-0.25, -0.2) is 0 Å². The number of hydrogen-bond donors (Lipinski definition) is 1. The zero-order chi connectivity index (χ0) is 14.1. The molecule has 0 radical (unpaired) electrons.